The van der Waals surface area contributed by atoms with Crippen LogP contribution in [0.25, 0.3) is 0 Å². The Bertz CT molecular complexity index is 407. The standard InChI is InChI=1S/C12H16BF4O2/c1-9(2)8-18-5-6-19-12-7-10(13(15,16)17)3-4-11(12)14/h3-4,7,9H,5-6,8H2,1-2H3/q-1. The molecule has 0 spiro atoms. The third kappa shape index (κ3) is 5.51. The zero-order valence-corrected chi connectivity index (χ0v) is 10.8. The number of hydrogen-bond donors (Lipinski definition) is 0. The van der Waals surface area contributed by atoms with E-state index in [2.05, 4.69) is 0 Å². The van der Waals surface area contributed by atoms with E-state index in [1.54, 1.807) is 0 Å². The highest BCUT2D eigenvalue weighted by Crippen LogP contribution is 2.18. The summed E-state index contributed by atoms with van der Waals surface area (Å²) < 4.78 is 60.9. The molecule has 0 saturated heterocycles. The van der Waals surface area contributed by atoms with E-state index in [0.29, 0.717) is 24.7 Å². The molecule has 0 bridgehead atoms. The van der Waals surface area contributed by atoms with Crippen LogP contribution in [0.5, 0.6) is 5.75 Å². The van der Waals surface area contributed by atoms with Gasteiger partial charge in [-0.2, -0.15) is 0 Å². The largest absolute Gasteiger partial charge is 0.509 e. The first-order valence-electron chi connectivity index (χ1n) is 6.00. The molecule has 1 rings (SSSR count). The molecule has 0 fully saturated rings. The molecule has 0 aromatic heterocycles. The van der Waals surface area contributed by atoms with Gasteiger partial charge in [0.2, 0.25) is 0 Å². The van der Waals surface area contributed by atoms with Gasteiger partial charge in [0, 0.05) is 6.61 Å². The van der Waals surface area contributed by atoms with Crippen molar-refractivity contribution in [1.82, 2.24) is 0 Å². The first kappa shape index (κ1) is 15.8. The maximum Gasteiger partial charge on any atom is 0.509 e. The van der Waals surface area contributed by atoms with Gasteiger partial charge in [-0.15, -0.1) is 5.46 Å². The van der Waals surface area contributed by atoms with Gasteiger partial charge in [-0.3, -0.25) is 0 Å². The maximum atomic E-state index is 13.3. The number of halogens is 4. The van der Waals surface area contributed by atoms with Gasteiger partial charge in [0.05, 0.1) is 6.61 Å². The molecule has 1 aromatic rings. The Labute approximate surface area is 109 Å². The average molecular weight is 279 g/mol. The van der Waals surface area contributed by atoms with Crippen molar-refractivity contribution < 1.29 is 26.8 Å². The molecule has 0 aliphatic carbocycles. The maximum absolute atomic E-state index is 13.3. The van der Waals surface area contributed by atoms with E-state index in [1.165, 1.54) is 0 Å². The van der Waals surface area contributed by atoms with Crippen LogP contribution in [0.3, 0.4) is 0 Å². The molecule has 0 N–H and O–H groups in total. The quantitative estimate of drug-likeness (QED) is 0.434. The van der Waals surface area contributed by atoms with Gasteiger partial charge in [0.1, 0.15) is 6.61 Å². The molecule has 0 heterocycles. The average Bonchev–Trinajstić information content (AvgIpc) is 2.29. The molecule has 0 saturated carbocycles. The summed E-state index contributed by atoms with van der Waals surface area (Å²) >= 11 is 0. The zero-order chi connectivity index (χ0) is 14.5. The van der Waals surface area contributed by atoms with Crippen LogP contribution in [0, 0.1) is 11.7 Å². The van der Waals surface area contributed by atoms with Crippen LogP contribution in [0.15, 0.2) is 18.2 Å². The molecule has 7 heteroatoms. The van der Waals surface area contributed by atoms with E-state index in [9.17, 15) is 17.3 Å². The Kier molecular flexibility index (Phi) is 5.66. The minimum atomic E-state index is -5.15. The first-order chi connectivity index (χ1) is 8.80. The molecule has 108 valence electrons. The van der Waals surface area contributed by atoms with Gasteiger partial charge in [-0.25, -0.2) is 4.39 Å². The van der Waals surface area contributed by atoms with Crippen LogP contribution in [0.4, 0.5) is 17.3 Å². The second-order valence-corrected chi connectivity index (χ2v) is 4.58. The summed E-state index contributed by atoms with van der Waals surface area (Å²) in [6, 6.07) is 2.14. The Morgan fingerprint density at radius 3 is 2.42 bits per heavy atom. The third-order valence-electron chi connectivity index (χ3n) is 2.27. The molecule has 19 heavy (non-hydrogen) atoms. The fourth-order valence-corrected chi connectivity index (χ4v) is 1.36. The number of ether oxygens (including phenoxy) is 2. The summed E-state index contributed by atoms with van der Waals surface area (Å²) in [5.41, 5.74) is -0.875. The summed E-state index contributed by atoms with van der Waals surface area (Å²) in [6.07, 6.45) is 0. The summed E-state index contributed by atoms with van der Waals surface area (Å²) in [4.78, 5) is 0. The predicted octanol–water partition coefficient (Wildman–Crippen LogP) is 2.93. The second kappa shape index (κ2) is 6.79. The van der Waals surface area contributed by atoms with Gasteiger partial charge >= 0.3 is 6.98 Å². The molecule has 2 nitrogen and oxygen atoms in total. The normalized spacial score (nSPS) is 11.9. The summed E-state index contributed by atoms with van der Waals surface area (Å²) in [6.45, 7) is -0.473. The van der Waals surface area contributed by atoms with E-state index < -0.39 is 24.0 Å². The van der Waals surface area contributed by atoms with Crippen molar-refractivity contribution in [3.05, 3.63) is 24.0 Å². The molecule has 1 aromatic carbocycles. The van der Waals surface area contributed by atoms with Crippen molar-refractivity contribution in [2.75, 3.05) is 19.8 Å². The summed E-state index contributed by atoms with van der Waals surface area (Å²) in [7, 11) is 0. The van der Waals surface area contributed by atoms with Crippen molar-refractivity contribution in [2.24, 2.45) is 5.92 Å². The Morgan fingerprint density at radius 2 is 1.84 bits per heavy atom. The highest BCUT2D eigenvalue weighted by molar-refractivity contribution is 6.73. The van der Waals surface area contributed by atoms with Crippen LogP contribution < -0.4 is 10.2 Å². The fourth-order valence-electron chi connectivity index (χ4n) is 1.36. The van der Waals surface area contributed by atoms with Crippen molar-refractivity contribution in [1.29, 1.82) is 0 Å². The highest BCUT2D eigenvalue weighted by Gasteiger charge is 2.26. The van der Waals surface area contributed by atoms with Gasteiger partial charge in [0.25, 0.3) is 0 Å². The topological polar surface area (TPSA) is 18.5 Å². The van der Waals surface area contributed by atoms with Gasteiger partial charge < -0.3 is 22.4 Å². The molecule has 0 unspecified atom stereocenters. The highest BCUT2D eigenvalue weighted by atomic mass is 19.4. The molecule has 0 amide bonds. The SMILES string of the molecule is CC(C)COCCOc1cc([B-](F)(F)F)ccc1F. The number of rotatable bonds is 7. The number of benzene rings is 1. The van der Waals surface area contributed by atoms with Crippen LogP contribution >= 0.6 is 0 Å². The van der Waals surface area contributed by atoms with E-state index in [4.69, 9.17) is 9.47 Å². The Balaban J connectivity index is 2.53. The van der Waals surface area contributed by atoms with Crippen LogP contribution in [0.1, 0.15) is 13.8 Å². The molecular weight excluding hydrogens is 263 g/mol. The smallest absolute Gasteiger partial charge is 0.488 e. The van der Waals surface area contributed by atoms with E-state index >= 15 is 0 Å². The number of hydrogen-bond acceptors (Lipinski definition) is 2. The lowest BCUT2D eigenvalue weighted by Crippen LogP contribution is -2.34. The Hall–Kier alpha value is -1.24. The minimum absolute atomic E-state index is 0.0119. The van der Waals surface area contributed by atoms with Crippen molar-refractivity contribution in [3.63, 3.8) is 0 Å². The van der Waals surface area contributed by atoms with Gasteiger partial charge in [0.15, 0.2) is 11.6 Å². The molecule has 0 atom stereocenters. The van der Waals surface area contributed by atoms with Crippen molar-refractivity contribution in [2.45, 2.75) is 13.8 Å². The zero-order valence-electron chi connectivity index (χ0n) is 10.8. The molecular formula is C12H16BF4O2-. The van der Waals surface area contributed by atoms with Gasteiger partial charge in [-0.1, -0.05) is 19.9 Å². The lowest BCUT2D eigenvalue weighted by atomic mass is 9.80. The van der Waals surface area contributed by atoms with Crippen LogP contribution in [-0.2, 0) is 4.74 Å². The summed E-state index contributed by atoms with van der Waals surface area (Å²) in [5.74, 6) is -0.856. The molecule has 0 aliphatic rings. The second-order valence-electron chi connectivity index (χ2n) is 4.58. The monoisotopic (exact) mass is 279 g/mol. The Morgan fingerprint density at radius 1 is 1.16 bits per heavy atom. The predicted molar refractivity (Wildman–Crippen MR) is 66.3 cm³/mol. The summed E-state index contributed by atoms with van der Waals surface area (Å²) in [5, 5.41) is 0. The molecule has 0 radical (unpaired) electrons. The van der Waals surface area contributed by atoms with E-state index in [-0.39, 0.29) is 13.2 Å². The first-order valence-corrected chi connectivity index (χ1v) is 6.00. The lowest BCUT2D eigenvalue weighted by Gasteiger charge is -2.16. The van der Waals surface area contributed by atoms with E-state index in [1.807, 2.05) is 13.8 Å². The van der Waals surface area contributed by atoms with Crippen molar-refractivity contribution in [3.8, 4) is 5.75 Å². The third-order valence-corrected chi connectivity index (χ3v) is 2.27. The van der Waals surface area contributed by atoms with Crippen LogP contribution in [0.2, 0.25) is 0 Å². The lowest BCUT2D eigenvalue weighted by molar-refractivity contribution is 0.0808. The van der Waals surface area contributed by atoms with Crippen LogP contribution in [-0.4, -0.2) is 26.8 Å². The van der Waals surface area contributed by atoms with Gasteiger partial charge in [-0.05, 0) is 18.1 Å². The van der Waals surface area contributed by atoms with E-state index in [0.717, 1.165) is 6.07 Å². The minimum Gasteiger partial charge on any atom is -0.488 e. The fraction of sp³-hybridized carbons (Fsp3) is 0.500. The molecule has 0 aliphatic heterocycles. The van der Waals surface area contributed by atoms with Crippen molar-refractivity contribution >= 4 is 12.4 Å².